The second kappa shape index (κ2) is 8.12. The zero-order valence-electron chi connectivity index (χ0n) is 14.6. The van der Waals surface area contributed by atoms with Gasteiger partial charge in [-0.15, -0.1) is 10.2 Å². The second-order valence-corrected chi connectivity index (χ2v) is 7.17. The number of anilines is 1. The highest BCUT2D eigenvalue weighted by Crippen LogP contribution is 2.35. The van der Waals surface area contributed by atoms with E-state index in [0.717, 1.165) is 11.3 Å². The van der Waals surface area contributed by atoms with Crippen molar-refractivity contribution in [3.63, 3.8) is 0 Å². The summed E-state index contributed by atoms with van der Waals surface area (Å²) in [7, 11) is 1.59. The van der Waals surface area contributed by atoms with Crippen molar-refractivity contribution in [2.75, 3.05) is 25.1 Å². The summed E-state index contributed by atoms with van der Waals surface area (Å²) in [6, 6.07) is 7.43. The highest BCUT2D eigenvalue weighted by molar-refractivity contribution is 7.15. The molecule has 1 aliphatic heterocycles. The van der Waals surface area contributed by atoms with Gasteiger partial charge in [0.2, 0.25) is 16.0 Å². The monoisotopic (exact) mass is 400 g/mol. The number of nitrogens with zero attached hydrogens (tertiary/aromatic N) is 3. The van der Waals surface area contributed by atoms with E-state index < -0.39 is 11.2 Å². The van der Waals surface area contributed by atoms with Gasteiger partial charge in [0.25, 0.3) is 0 Å². The number of aromatic nitrogens is 2. The molecule has 1 amide bonds. The molecule has 0 saturated carbocycles. The molecule has 1 saturated heterocycles. The van der Waals surface area contributed by atoms with Crippen molar-refractivity contribution in [3.8, 4) is 5.75 Å². The van der Waals surface area contributed by atoms with Crippen molar-refractivity contribution in [3.05, 3.63) is 34.8 Å². The lowest BCUT2D eigenvalue weighted by molar-refractivity contribution is -0.138. The molecule has 0 radical (unpaired) electrons. The summed E-state index contributed by atoms with van der Waals surface area (Å²) in [6.07, 6.45) is -3.35. The summed E-state index contributed by atoms with van der Waals surface area (Å²) < 4.78 is 43.0. The molecule has 0 unspecified atom stereocenters. The second-order valence-electron chi connectivity index (χ2n) is 6.21. The summed E-state index contributed by atoms with van der Waals surface area (Å²) in [5.74, 6) is 0.552. The molecule has 0 spiro atoms. The number of alkyl halides is 3. The van der Waals surface area contributed by atoms with Crippen LogP contribution in [-0.2, 0) is 17.5 Å². The number of piperidine rings is 1. The van der Waals surface area contributed by atoms with Gasteiger partial charge in [-0.25, -0.2) is 0 Å². The van der Waals surface area contributed by atoms with Gasteiger partial charge in [-0.3, -0.25) is 4.79 Å². The van der Waals surface area contributed by atoms with Crippen LogP contribution >= 0.6 is 11.3 Å². The Kier molecular flexibility index (Phi) is 5.83. The molecule has 146 valence electrons. The first-order valence-electron chi connectivity index (χ1n) is 8.43. The minimum atomic E-state index is -4.48. The van der Waals surface area contributed by atoms with Crippen LogP contribution in [-0.4, -0.2) is 36.3 Å². The molecule has 3 rings (SSSR count). The first kappa shape index (κ1) is 19.4. The Labute approximate surface area is 158 Å². The lowest BCUT2D eigenvalue weighted by Crippen LogP contribution is -2.40. The highest BCUT2D eigenvalue weighted by atomic mass is 32.1. The van der Waals surface area contributed by atoms with Crippen LogP contribution in [0.25, 0.3) is 0 Å². The first-order valence-corrected chi connectivity index (χ1v) is 9.25. The van der Waals surface area contributed by atoms with E-state index in [1.165, 1.54) is 0 Å². The minimum Gasteiger partial charge on any atom is -0.497 e. The van der Waals surface area contributed by atoms with Crippen molar-refractivity contribution >= 4 is 22.4 Å². The van der Waals surface area contributed by atoms with Crippen molar-refractivity contribution in [1.82, 2.24) is 15.5 Å². The predicted octanol–water partition coefficient (Wildman–Crippen LogP) is 3.10. The quantitative estimate of drug-likeness (QED) is 0.836. The Balaban J connectivity index is 1.48. The van der Waals surface area contributed by atoms with Crippen LogP contribution in [0.4, 0.5) is 18.3 Å². The highest BCUT2D eigenvalue weighted by Gasteiger charge is 2.36. The van der Waals surface area contributed by atoms with E-state index in [1.54, 1.807) is 12.0 Å². The van der Waals surface area contributed by atoms with Gasteiger partial charge in [0.05, 0.1) is 7.11 Å². The SMILES string of the molecule is COc1ccc(CNC(=O)C2CCN(c3nnc(C(F)(F)F)s3)CC2)cc1. The molecule has 1 aromatic carbocycles. The van der Waals surface area contributed by atoms with Crippen molar-refractivity contribution < 1.29 is 22.7 Å². The molecule has 1 fully saturated rings. The molecule has 0 atom stereocenters. The lowest BCUT2D eigenvalue weighted by atomic mass is 9.96. The van der Waals surface area contributed by atoms with Gasteiger partial charge in [0.1, 0.15) is 5.75 Å². The largest absolute Gasteiger partial charge is 0.497 e. The predicted molar refractivity (Wildman–Crippen MR) is 94.7 cm³/mol. The van der Waals surface area contributed by atoms with Gasteiger partial charge >= 0.3 is 6.18 Å². The molecule has 6 nitrogen and oxygen atoms in total. The maximum Gasteiger partial charge on any atom is 0.445 e. The number of ether oxygens (including phenoxy) is 1. The third-order valence-electron chi connectivity index (χ3n) is 4.42. The van der Waals surface area contributed by atoms with E-state index in [2.05, 4.69) is 15.5 Å². The summed E-state index contributed by atoms with van der Waals surface area (Å²) in [6.45, 7) is 1.38. The summed E-state index contributed by atoms with van der Waals surface area (Å²) in [5.41, 5.74) is 0.968. The molecule has 1 aliphatic rings. The average Bonchev–Trinajstić information content (AvgIpc) is 3.17. The van der Waals surface area contributed by atoms with Gasteiger partial charge in [0, 0.05) is 25.6 Å². The van der Waals surface area contributed by atoms with Crippen LogP contribution in [0.5, 0.6) is 5.75 Å². The Morgan fingerprint density at radius 1 is 1.26 bits per heavy atom. The van der Waals surface area contributed by atoms with Crippen molar-refractivity contribution in [2.45, 2.75) is 25.6 Å². The van der Waals surface area contributed by atoms with Crippen LogP contribution < -0.4 is 15.0 Å². The molecule has 2 heterocycles. The fourth-order valence-electron chi connectivity index (χ4n) is 2.87. The van der Waals surface area contributed by atoms with Crippen LogP contribution in [0, 0.1) is 5.92 Å². The zero-order valence-corrected chi connectivity index (χ0v) is 15.4. The van der Waals surface area contributed by atoms with Crippen molar-refractivity contribution in [1.29, 1.82) is 0 Å². The Bertz CT molecular complexity index is 771. The maximum absolute atomic E-state index is 12.6. The molecule has 1 N–H and O–H groups in total. The van der Waals surface area contributed by atoms with Crippen molar-refractivity contribution in [2.24, 2.45) is 5.92 Å². The van der Waals surface area contributed by atoms with E-state index >= 15 is 0 Å². The zero-order chi connectivity index (χ0) is 19.4. The lowest BCUT2D eigenvalue weighted by Gasteiger charge is -2.30. The summed E-state index contributed by atoms with van der Waals surface area (Å²) in [5, 5.41) is 9.05. The minimum absolute atomic E-state index is 0.0429. The standard InChI is InChI=1S/C17H19F3N4O2S/c1-26-13-4-2-11(3-5-13)10-21-14(25)12-6-8-24(9-7-12)16-23-22-15(27-16)17(18,19)20/h2-5,12H,6-10H2,1H3,(H,21,25). The number of hydrogen-bond donors (Lipinski definition) is 1. The molecular weight excluding hydrogens is 381 g/mol. The van der Waals surface area contributed by atoms with Crippen LogP contribution in [0.1, 0.15) is 23.4 Å². The number of amides is 1. The van der Waals surface area contributed by atoms with Gasteiger partial charge in [0.15, 0.2) is 0 Å². The first-order chi connectivity index (χ1) is 12.9. The number of benzene rings is 1. The number of hydrogen-bond acceptors (Lipinski definition) is 6. The molecule has 10 heteroatoms. The van der Waals surface area contributed by atoms with Crippen LogP contribution in [0.3, 0.4) is 0 Å². The Morgan fingerprint density at radius 3 is 2.48 bits per heavy atom. The third kappa shape index (κ3) is 4.88. The maximum atomic E-state index is 12.6. The molecule has 2 aromatic rings. The molecule has 27 heavy (non-hydrogen) atoms. The van der Waals surface area contributed by atoms with Crippen LogP contribution in [0.15, 0.2) is 24.3 Å². The van der Waals surface area contributed by atoms with E-state index in [-0.39, 0.29) is 17.0 Å². The Morgan fingerprint density at radius 2 is 1.93 bits per heavy atom. The molecular formula is C17H19F3N4O2S. The van der Waals surface area contributed by atoms with Gasteiger partial charge in [-0.05, 0) is 30.5 Å². The fraction of sp³-hybridized carbons (Fsp3) is 0.471. The van der Waals surface area contributed by atoms with E-state index in [0.29, 0.717) is 43.8 Å². The van der Waals surface area contributed by atoms with Crippen LogP contribution in [0.2, 0.25) is 0 Å². The topological polar surface area (TPSA) is 67.3 Å². The van der Waals surface area contributed by atoms with E-state index in [9.17, 15) is 18.0 Å². The smallest absolute Gasteiger partial charge is 0.445 e. The molecule has 0 bridgehead atoms. The number of rotatable bonds is 5. The number of methoxy groups -OCH3 is 1. The number of carbonyl (C=O) groups excluding carboxylic acids is 1. The third-order valence-corrected chi connectivity index (χ3v) is 5.45. The molecule has 0 aliphatic carbocycles. The molecule has 1 aromatic heterocycles. The van der Waals surface area contributed by atoms with E-state index in [1.807, 2.05) is 24.3 Å². The number of carbonyl (C=O) groups is 1. The fourth-order valence-corrected chi connectivity index (χ4v) is 3.63. The van der Waals surface area contributed by atoms with E-state index in [4.69, 9.17) is 4.74 Å². The van der Waals surface area contributed by atoms with Gasteiger partial charge < -0.3 is 15.0 Å². The average molecular weight is 400 g/mol. The normalized spacial score (nSPS) is 15.6. The van der Waals surface area contributed by atoms with Gasteiger partial charge in [-0.2, -0.15) is 13.2 Å². The number of nitrogens with one attached hydrogen (secondary N) is 1. The summed E-state index contributed by atoms with van der Waals surface area (Å²) in [4.78, 5) is 14.1. The number of halogens is 3. The van der Waals surface area contributed by atoms with Gasteiger partial charge in [-0.1, -0.05) is 23.5 Å². The Hall–Kier alpha value is -2.36. The summed E-state index contributed by atoms with van der Waals surface area (Å²) >= 11 is 0.534.